The lowest BCUT2D eigenvalue weighted by molar-refractivity contribution is -0.214. The van der Waals surface area contributed by atoms with Gasteiger partial charge in [-0.05, 0) is 36.6 Å². The fraction of sp³-hybridized carbons (Fsp3) is 0.583. The molecule has 1 aliphatic carbocycles. The fourth-order valence-electron chi connectivity index (χ4n) is 4.77. The summed E-state index contributed by atoms with van der Waals surface area (Å²) in [6, 6.07) is 0.196. The summed E-state index contributed by atoms with van der Waals surface area (Å²) in [4.78, 5) is 31.0. The number of amides is 3. The van der Waals surface area contributed by atoms with Crippen LogP contribution in [0.2, 0.25) is 0 Å². The number of imidazole rings is 1. The highest BCUT2D eigenvalue weighted by Gasteiger charge is 2.69. The summed E-state index contributed by atoms with van der Waals surface area (Å²) in [7, 11) is 0. The Morgan fingerprint density at radius 1 is 1.27 bits per heavy atom. The van der Waals surface area contributed by atoms with Gasteiger partial charge < -0.3 is 15.5 Å². The molecular formula is C24H27F5N8O3. The SMILES string of the molecule is Cc1nonc1C(=O)N[C@@H](CCC(C)(C)C(F)(F)F)c1cn2ncc(CN3C[C@@H]4[C@H](CNC3=O)C4(F)F)cc2n1. The van der Waals surface area contributed by atoms with Crippen LogP contribution >= 0.6 is 0 Å². The maximum absolute atomic E-state index is 13.9. The molecule has 1 aliphatic heterocycles. The van der Waals surface area contributed by atoms with Crippen molar-refractivity contribution < 1.29 is 36.2 Å². The van der Waals surface area contributed by atoms with E-state index < -0.39 is 47.3 Å². The normalized spacial score (nSPS) is 21.5. The van der Waals surface area contributed by atoms with E-state index in [0.29, 0.717) is 11.2 Å². The van der Waals surface area contributed by atoms with Crippen molar-refractivity contribution in [2.24, 2.45) is 17.3 Å². The minimum absolute atomic E-state index is 0.00913. The van der Waals surface area contributed by atoms with Gasteiger partial charge in [-0.3, -0.25) is 4.79 Å². The average molecular weight is 571 g/mol. The number of carbonyl (C=O) groups excluding carboxylic acids is 2. The van der Waals surface area contributed by atoms with Gasteiger partial charge in [0.2, 0.25) is 0 Å². The van der Waals surface area contributed by atoms with Crippen LogP contribution in [-0.2, 0) is 6.54 Å². The highest BCUT2D eigenvalue weighted by atomic mass is 19.4. The maximum Gasteiger partial charge on any atom is 0.393 e. The molecule has 0 unspecified atom stereocenters. The minimum Gasteiger partial charge on any atom is -0.342 e. The van der Waals surface area contributed by atoms with Gasteiger partial charge in [-0.15, -0.1) is 0 Å². The van der Waals surface area contributed by atoms with Crippen LogP contribution in [0.25, 0.3) is 5.65 Å². The Hall–Kier alpha value is -3.85. The number of nitrogens with one attached hydrogen (secondary N) is 2. The highest BCUT2D eigenvalue weighted by molar-refractivity contribution is 5.93. The predicted octanol–water partition coefficient (Wildman–Crippen LogP) is 3.67. The molecular weight excluding hydrogens is 543 g/mol. The topological polar surface area (TPSA) is 131 Å². The van der Waals surface area contributed by atoms with Gasteiger partial charge >= 0.3 is 12.2 Å². The number of aryl methyl sites for hydroxylation is 1. The Morgan fingerprint density at radius 3 is 2.70 bits per heavy atom. The molecule has 1 saturated carbocycles. The van der Waals surface area contributed by atoms with Crippen LogP contribution in [0.4, 0.5) is 26.7 Å². The van der Waals surface area contributed by atoms with Crippen molar-refractivity contribution in [1.29, 1.82) is 0 Å². The molecule has 0 spiro atoms. The highest BCUT2D eigenvalue weighted by Crippen LogP contribution is 2.55. The van der Waals surface area contributed by atoms with Gasteiger partial charge in [0, 0.05) is 19.6 Å². The molecule has 216 valence electrons. The number of fused-ring (bicyclic) bond motifs is 2. The molecule has 3 amide bonds. The van der Waals surface area contributed by atoms with Crippen molar-refractivity contribution in [2.45, 2.75) is 58.3 Å². The van der Waals surface area contributed by atoms with E-state index in [4.69, 9.17) is 0 Å². The standard InChI is InChI=1S/C24H27F5N8O3/c1-12-19(35-40-34-12)20(38)33-16(4-5-22(2,3)24(27,28)29)17-11-37-18(32-17)6-13(7-31-37)9-36-10-15-14(23(15,25)26)8-30-21(36)39/h6-7,11,14-16H,4-5,8-10H2,1-3H3,(H,30,39)(H,33,38)/t14-,15+,16-/m0/s1. The molecule has 5 rings (SSSR count). The van der Waals surface area contributed by atoms with Crippen molar-refractivity contribution in [3.8, 4) is 0 Å². The lowest BCUT2D eigenvalue weighted by Crippen LogP contribution is -2.40. The van der Waals surface area contributed by atoms with Crippen molar-refractivity contribution in [2.75, 3.05) is 13.1 Å². The zero-order valence-corrected chi connectivity index (χ0v) is 21.8. The van der Waals surface area contributed by atoms with E-state index in [0.717, 1.165) is 13.8 Å². The van der Waals surface area contributed by atoms with E-state index in [1.807, 2.05) is 0 Å². The minimum atomic E-state index is -4.46. The van der Waals surface area contributed by atoms with Crippen LogP contribution < -0.4 is 10.6 Å². The average Bonchev–Trinajstić information content (AvgIpc) is 3.18. The Morgan fingerprint density at radius 2 is 2.02 bits per heavy atom. The molecule has 4 heterocycles. The predicted molar refractivity (Wildman–Crippen MR) is 127 cm³/mol. The molecule has 1 saturated heterocycles. The van der Waals surface area contributed by atoms with Gasteiger partial charge in [0.15, 0.2) is 11.3 Å². The number of carbonyl (C=O) groups is 2. The first kappa shape index (κ1) is 27.7. The van der Waals surface area contributed by atoms with Crippen LogP contribution in [0.15, 0.2) is 23.1 Å². The van der Waals surface area contributed by atoms with Gasteiger partial charge in [0.1, 0.15) is 5.69 Å². The van der Waals surface area contributed by atoms with Crippen LogP contribution in [0.5, 0.6) is 0 Å². The third-order valence-corrected chi connectivity index (χ3v) is 7.67. The van der Waals surface area contributed by atoms with Gasteiger partial charge in [-0.25, -0.2) is 27.7 Å². The van der Waals surface area contributed by atoms with Gasteiger partial charge in [-0.1, -0.05) is 19.0 Å². The number of nitrogens with zero attached hydrogens (tertiary/aromatic N) is 6. The number of hydrogen-bond acceptors (Lipinski definition) is 7. The number of aromatic nitrogens is 5. The molecule has 0 radical (unpaired) electrons. The van der Waals surface area contributed by atoms with E-state index in [1.165, 1.54) is 28.7 Å². The van der Waals surface area contributed by atoms with E-state index in [-0.39, 0.29) is 49.6 Å². The Bertz CT molecular complexity index is 1440. The second-order valence-electron chi connectivity index (χ2n) is 10.9. The first-order valence-corrected chi connectivity index (χ1v) is 12.6. The molecule has 0 aromatic carbocycles. The van der Waals surface area contributed by atoms with Crippen LogP contribution in [-0.4, -0.2) is 66.9 Å². The number of halogens is 5. The van der Waals surface area contributed by atoms with Crippen molar-refractivity contribution >= 4 is 17.6 Å². The van der Waals surface area contributed by atoms with E-state index in [9.17, 15) is 31.5 Å². The molecule has 2 fully saturated rings. The molecule has 2 N–H and O–H groups in total. The molecule has 3 atom stereocenters. The van der Waals surface area contributed by atoms with Crippen molar-refractivity contribution in [3.05, 3.63) is 41.1 Å². The number of urea groups is 1. The second-order valence-corrected chi connectivity index (χ2v) is 10.9. The molecule has 16 heteroatoms. The van der Waals surface area contributed by atoms with Crippen LogP contribution in [0, 0.1) is 24.2 Å². The van der Waals surface area contributed by atoms with Gasteiger partial charge in [-0.2, -0.15) is 18.3 Å². The first-order valence-electron chi connectivity index (χ1n) is 12.6. The van der Waals surface area contributed by atoms with Crippen LogP contribution in [0.3, 0.4) is 0 Å². The van der Waals surface area contributed by atoms with E-state index >= 15 is 0 Å². The smallest absolute Gasteiger partial charge is 0.342 e. The molecule has 2 aliphatic rings. The summed E-state index contributed by atoms with van der Waals surface area (Å²) in [5.74, 6) is -5.28. The Kier molecular flexibility index (Phi) is 6.69. The quantitative estimate of drug-likeness (QED) is 0.395. The number of alkyl halides is 5. The van der Waals surface area contributed by atoms with Crippen molar-refractivity contribution in [1.82, 2.24) is 40.4 Å². The maximum atomic E-state index is 13.9. The summed E-state index contributed by atoms with van der Waals surface area (Å²) in [5, 5.41) is 16.6. The lowest BCUT2D eigenvalue weighted by atomic mass is 9.85. The monoisotopic (exact) mass is 570 g/mol. The fourth-order valence-corrected chi connectivity index (χ4v) is 4.77. The zero-order valence-electron chi connectivity index (χ0n) is 21.8. The third kappa shape index (κ3) is 5.18. The summed E-state index contributed by atoms with van der Waals surface area (Å²) < 4.78 is 74.3. The summed E-state index contributed by atoms with van der Waals surface area (Å²) in [6.45, 7) is 3.47. The largest absolute Gasteiger partial charge is 0.393 e. The van der Waals surface area contributed by atoms with E-state index in [1.54, 1.807) is 6.07 Å². The Balaban J connectivity index is 1.37. The summed E-state index contributed by atoms with van der Waals surface area (Å²) in [5.41, 5.74) is -0.865. The lowest BCUT2D eigenvalue weighted by Gasteiger charge is -2.29. The van der Waals surface area contributed by atoms with Crippen molar-refractivity contribution in [3.63, 3.8) is 0 Å². The molecule has 11 nitrogen and oxygen atoms in total. The van der Waals surface area contributed by atoms with Crippen LogP contribution in [0.1, 0.15) is 60.2 Å². The number of hydrogen-bond donors (Lipinski definition) is 2. The molecule has 0 bridgehead atoms. The second kappa shape index (κ2) is 9.66. The third-order valence-electron chi connectivity index (χ3n) is 7.67. The molecule has 3 aromatic rings. The summed E-state index contributed by atoms with van der Waals surface area (Å²) >= 11 is 0. The zero-order chi connectivity index (χ0) is 29.0. The number of rotatable bonds is 8. The van der Waals surface area contributed by atoms with Gasteiger partial charge in [0.25, 0.3) is 11.8 Å². The Labute approximate surface area is 224 Å². The first-order chi connectivity index (χ1) is 18.7. The van der Waals surface area contributed by atoms with E-state index in [2.05, 4.69) is 35.7 Å². The van der Waals surface area contributed by atoms with Gasteiger partial charge in [0.05, 0.1) is 41.4 Å². The molecule has 3 aromatic heterocycles. The molecule has 40 heavy (non-hydrogen) atoms. The summed E-state index contributed by atoms with van der Waals surface area (Å²) in [6.07, 6.45) is -1.96.